The number of aromatic nitrogens is 1. The third-order valence-electron chi connectivity index (χ3n) is 4.14. The van der Waals surface area contributed by atoms with Crippen molar-refractivity contribution in [3.05, 3.63) is 70.5 Å². The average molecular weight is 418 g/mol. The Morgan fingerprint density at radius 1 is 1.14 bits per heavy atom. The zero-order valence-electron chi connectivity index (χ0n) is 15.6. The number of thiazole rings is 1. The van der Waals surface area contributed by atoms with Gasteiger partial charge in [-0.2, -0.15) is 4.99 Å². The maximum absolute atomic E-state index is 12.9. The number of anilines is 1. The van der Waals surface area contributed by atoms with Gasteiger partial charge in [0, 0.05) is 31.2 Å². The molecule has 1 amide bonds. The van der Waals surface area contributed by atoms with Crippen molar-refractivity contribution < 1.29 is 17.9 Å². The van der Waals surface area contributed by atoms with E-state index in [0.29, 0.717) is 21.8 Å². The zero-order chi connectivity index (χ0) is 20.3. The van der Waals surface area contributed by atoms with Crippen molar-refractivity contribution in [1.82, 2.24) is 4.57 Å². The number of methoxy groups -OCH3 is 1. The monoisotopic (exact) mass is 417 g/mol. The van der Waals surface area contributed by atoms with E-state index in [1.54, 1.807) is 42.1 Å². The minimum Gasteiger partial charge on any atom is -0.495 e. The largest absolute Gasteiger partial charge is 0.495 e. The number of rotatable bonds is 5. The van der Waals surface area contributed by atoms with Gasteiger partial charge in [-0.25, -0.2) is 8.42 Å². The number of sulfonamides is 1. The molecule has 0 N–H and O–H groups in total. The van der Waals surface area contributed by atoms with Crippen LogP contribution in [-0.2, 0) is 17.1 Å². The molecule has 0 spiro atoms. The fourth-order valence-corrected chi connectivity index (χ4v) is 4.47. The second-order valence-corrected chi connectivity index (χ2v) is 8.72. The first-order valence-corrected chi connectivity index (χ1v) is 10.6. The minimum absolute atomic E-state index is 0.0686. The Balaban J connectivity index is 1.90. The lowest BCUT2D eigenvalue weighted by atomic mass is 10.2. The maximum Gasteiger partial charge on any atom is 0.279 e. The van der Waals surface area contributed by atoms with Gasteiger partial charge >= 0.3 is 0 Å². The number of carbonyl (C=O) groups is 1. The van der Waals surface area contributed by atoms with Crippen LogP contribution >= 0.6 is 11.3 Å². The predicted molar refractivity (Wildman–Crippen MR) is 108 cm³/mol. The van der Waals surface area contributed by atoms with E-state index in [2.05, 4.69) is 4.99 Å². The van der Waals surface area contributed by atoms with Crippen LogP contribution in [0.4, 0.5) is 5.69 Å². The molecule has 0 radical (unpaired) electrons. The van der Waals surface area contributed by atoms with Gasteiger partial charge in [-0.15, -0.1) is 11.3 Å². The molecule has 0 fully saturated rings. The van der Waals surface area contributed by atoms with Crippen LogP contribution in [0.25, 0.3) is 0 Å². The van der Waals surface area contributed by atoms with Gasteiger partial charge in [-0.3, -0.25) is 9.10 Å². The summed E-state index contributed by atoms with van der Waals surface area (Å²) in [6.45, 7) is 0. The van der Waals surface area contributed by atoms with Crippen LogP contribution in [0, 0.1) is 0 Å². The van der Waals surface area contributed by atoms with Crippen LogP contribution in [-0.4, -0.2) is 33.0 Å². The third kappa shape index (κ3) is 3.85. The van der Waals surface area contributed by atoms with E-state index < -0.39 is 15.9 Å². The number of nitrogens with zero attached hydrogens (tertiary/aromatic N) is 3. The van der Waals surface area contributed by atoms with Crippen molar-refractivity contribution in [1.29, 1.82) is 0 Å². The molecule has 1 heterocycles. The summed E-state index contributed by atoms with van der Waals surface area (Å²) >= 11 is 1.35. The van der Waals surface area contributed by atoms with Crippen molar-refractivity contribution in [2.24, 2.45) is 12.0 Å². The van der Waals surface area contributed by atoms with Crippen molar-refractivity contribution >= 4 is 33.0 Å². The molecule has 0 unspecified atom stereocenters. The molecule has 0 aliphatic carbocycles. The molecule has 0 aliphatic rings. The van der Waals surface area contributed by atoms with Gasteiger partial charge < -0.3 is 9.30 Å². The lowest BCUT2D eigenvalue weighted by Crippen LogP contribution is -2.27. The molecule has 0 aliphatic heterocycles. The topological polar surface area (TPSA) is 81.0 Å². The van der Waals surface area contributed by atoms with Gasteiger partial charge in [0.15, 0.2) is 4.80 Å². The molecule has 3 rings (SSSR count). The normalized spacial score (nSPS) is 12.0. The number of carbonyl (C=O) groups excluding carboxylic acids is 1. The number of ether oxygens (including phenoxy) is 1. The average Bonchev–Trinajstić information content (AvgIpc) is 3.11. The molecule has 0 atom stereocenters. The summed E-state index contributed by atoms with van der Waals surface area (Å²) in [5.41, 5.74) is 0.734. The SMILES string of the molecule is COc1ccccc1N(C)S(=O)(=O)c1ccc(C(=O)N=c2sccn2C)cc1. The molecule has 146 valence electrons. The molecule has 28 heavy (non-hydrogen) atoms. The molecule has 9 heteroatoms. The summed E-state index contributed by atoms with van der Waals surface area (Å²) in [5.74, 6) is 0.0167. The van der Waals surface area contributed by atoms with E-state index >= 15 is 0 Å². The van der Waals surface area contributed by atoms with E-state index in [0.717, 1.165) is 4.31 Å². The van der Waals surface area contributed by atoms with Gasteiger partial charge in [0.2, 0.25) is 0 Å². The van der Waals surface area contributed by atoms with Gasteiger partial charge in [0.05, 0.1) is 17.7 Å². The summed E-state index contributed by atoms with van der Waals surface area (Å²) in [7, 11) is 0.923. The van der Waals surface area contributed by atoms with Gasteiger partial charge in [-0.05, 0) is 36.4 Å². The maximum atomic E-state index is 12.9. The molecule has 3 aromatic rings. The lowest BCUT2D eigenvalue weighted by Gasteiger charge is -2.21. The van der Waals surface area contributed by atoms with Crippen LogP contribution in [0.2, 0.25) is 0 Å². The van der Waals surface area contributed by atoms with Crippen LogP contribution in [0.15, 0.2) is 70.0 Å². The fraction of sp³-hybridized carbons (Fsp3) is 0.158. The molecule has 2 aromatic carbocycles. The number of para-hydroxylation sites is 2. The molecule has 0 saturated carbocycles. The second kappa shape index (κ2) is 7.99. The summed E-state index contributed by atoms with van der Waals surface area (Å²) in [4.78, 5) is 17.0. The first kappa shape index (κ1) is 19.8. The Labute approximate surface area is 167 Å². The highest BCUT2D eigenvalue weighted by Gasteiger charge is 2.23. The molecular weight excluding hydrogens is 398 g/mol. The molecule has 0 saturated heterocycles. The Bertz CT molecular complexity index is 1160. The van der Waals surface area contributed by atoms with Gasteiger partial charge in [0.1, 0.15) is 5.75 Å². The summed E-state index contributed by atoms with van der Waals surface area (Å²) in [6.07, 6.45) is 1.81. The summed E-state index contributed by atoms with van der Waals surface area (Å²) in [6, 6.07) is 12.6. The summed E-state index contributed by atoms with van der Waals surface area (Å²) in [5, 5.41) is 1.83. The van der Waals surface area contributed by atoms with Gasteiger partial charge in [-0.1, -0.05) is 12.1 Å². The van der Waals surface area contributed by atoms with Crippen LogP contribution in [0.1, 0.15) is 10.4 Å². The molecule has 0 bridgehead atoms. The predicted octanol–water partition coefficient (Wildman–Crippen LogP) is 2.66. The highest BCUT2D eigenvalue weighted by atomic mass is 32.2. The number of benzene rings is 2. The molecular formula is C19H19N3O4S2. The lowest BCUT2D eigenvalue weighted by molar-refractivity contribution is 0.0997. The van der Waals surface area contributed by atoms with Crippen LogP contribution in [0.5, 0.6) is 5.75 Å². The quantitative estimate of drug-likeness (QED) is 0.639. The minimum atomic E-state index is -3.81. The smallest absolute Gasteiger partial charge is 0.279 e. The first-order valence-electron chi connectivity index (χ1n) is 8.26. The van der Waals surface area contributed by atoms with Crippen LogP contribution in [0.3, 0.4) is 0 Å². The van der Waals surface area contributed by atoms with Gasteiger partial charge in [0.25, 0.3) is 15.9 Å². The molecule has 7 nitrogen and oxygen atoms in total. The first-order chi connectivity index (χ1) is 13.3. The third-order valence-corrected chi connectivity index (χ3v) is 6.77. The van der Waals surface area contributed by atoms with E-state index in [1.165, 1.54) is 49.8 Å². The summed E-state index contributed by atoms with van der Waals surface area (Å²) < 4.78 is 34.0. The Morgan fingerprint density at radius 2 is 1.82 bits per heavy atom. The number of aryl methyl sites for hydroxylation is 1. The Kier molecular flexibility index (Phi) is 5.66. The van der Waals surface area contributed by atoms with E-state index in [9.17, 15) is 13.2 Å². The fourth-order valence-electron chi connectivity index (χ4n) is 2.53. The molecule has 1 aromatic heterocycles. The Hall–Kier alpha value is -2.91. The van der Waals surface area contributed by atoms with Crippen molar-refractivity contribution in [3.63, 3.8) is 0 Å². The highest BCUT2D eigenvalue weighted by molar-refractivity contribution is 7.92. The Morgan fingerprint density at radius 3 is 2.43 bits per heavy atom. The van der Waals surface area contributed by atoms with Crippen molar-refractivity contribution in [3.8, 4) is 5.75 Å². The zero-order valence-corrected chi connectivity index (χ0v) is 17.2. The highest BCUT2D eigenvalue weighted by Crippen LogP contribution is 2.30. The van der Waals surface area contributed by atoms with Crippen molar-refractivity contribution in [2.75, 3.05) is 18.5 Å². The number of hydrogen-bond acceptors (Lipinski definition) is 5. The second-order valence-electron chi connectivity index (χ2n) is 5.88. The van der Waals surface area contributed by atoms with E-state index in [4.69, 9.17) is 4.74 Å². The number of hydrogen-bond donors (Lipinski definition) is 0. The number of amides is 1. The van der Waals surface area contributed by atoms with E-state index in [1.807, 2.05) is 5.38 Å². The van der Waals surface area contributed by atoms with Crippen LogP contribution < -0.4 is 13.8 Å². The standard InChI is InChI=1S/C19H19N3O4S2/c1-21-12-13-27-19(21)20-18(23)14-8-10-15(11-9-14)28(24,25)22(2)16-6-4-5-7-17(16)26-3/h4-13H,1-3H3. The van der Waals surface area contributed by atoms with Crippen molar-refractivity contribution in [2.45, 2.75) is 4.90 Å². The van der Waals surface area contributed by atoms with E-state index in [-0.39, 0.29) is 4.90 Å².